The Morgan fingerprint density at radius 3 is 2.74 bits per heavy atom. The molecule has 1 unspecified atom stereocenters. The first-order valence-corrected chi connectivity index (χ1v) is 6.62. The standard InChI is InChI=1S/C14H17N3O2/c18-10-13-15-16-14(12-8-4-5-9-19-12)17(13)11-6-2-1-3-7-11/h1-3,6-7,12,18H,4-5,8-10H2. The van der Waals surface area contributed by atoms with Gasteiger partial charge in [-0.3, -0.25) is 4.57 Å². The number of hydrogen-bond donors (Lipinski definition) is 1. The highest BCUT2D eigenvalue weighted by molar-refractivity contribution is 5.34. The molecule has 1 aromatic heterocycles. The third kappa shape index (κ3) is 2.39. The summed E-state index contributed by atoms with van der Waals surface area (Å²) < 4.78 is 7.68. The Morgan fingerprint density at radius 2 is 2.05 bits per heavy atom. The summed E-state index contributed by atoms with van der Waals surface area (Å²) in [4.78, 5) is 0. The van der Waals surface area contributed by atoms with E-state index < -0.39 is 0 Å². The molecule has 3 rings (SSSR count). The van der Waals surface area contributed by atoms with Gasteiger partial charge in [0.15, 0.2) is 11.6 Å². The van der Waals surface area contributed by atoms with Gasteiger partial charge in [-0.1, -0.05) is 18.2 Å². The summed E-state index contributed by atoms with van der Waals surface area (Å²) in [5, 5.41) is 17.7. The van der Waals surface area contributed by atoms with E-state index in [9.17, 15) is 5.11 Å². The van der Waals surface area contributed by atoms with Crippen LogP contribution in [0.1, 0.15) is 37.0 Å². The fourth-order valence-corrected chi connectivity index (χ4v) is 2.44. The minimum Gasteiger partial charge on any atom is -0.388 e. The molecule has 0 radical (unpaired) electrons. The Hall–Kier alpha value is -1.72. The molecule has 0 aliphatic carbocycles. The SMILES string of the molecule is OCc1nnc(C2CCCCO2)n1-c1ccccc1. The zero-order valence-corrected chi connectivity index (χ0v) is 10.7. The first-order chi connectivity index (χ1) is 9.40. The number of ether oxygens (including phenoxy) is 1. The van der Waals surface area contributed by atoms with Crippen LogP contribution in [0, 0.1) is 0 Å². The summed E-state index contributed by atoms with van der Waals surface area (Å²) >= 11 is 0. The number of aliphatic hydroxyl groups excluding tert-OH is 1. The highest BCUT2D eigenvalue weighted by Gasteiger charge is 2.24. The van der Waals surface area contributed by atoms with Crippen molar-refractivity contribution in [2.75, 3.05) is 6.61 Å². The van der Waals surface area contributed by atoms with Gasteiger partial charge in [0.1, 0.15) is 12.7 Å². The van der Waals surface area contributed by atoms with E-state index in [-0.39, 0.29) is 12.7 Å². The maximum absolute atomic E-state index is 9.43. The molecule has 5 heteroatoms. The van der Waals surface area contributed by atoms with Crippen LogP contribution in [-0.2, 0) is 11.3 Å². The molecule has 5 nitrogen and oxygen atoms in total. The zero-order valence-electron chi connectivity index (χ0n) is 10.7. The van der Waals surface area contributed by atoms with E-state index in [0.717, 1.165) is 37.4 Å². The van der Waals surface area contributed by atoms with Crippen LogP contribution >= 0.6 is 0 Å². The average molecular weight is 259 g/mol. The predicted octanol–water partition coefficient (Wildman–Crippen LogP) is 2.00. The monoisotopic (exact) mass is 259 g/mol. The molecule has 19 heavy (non-hydrogen) atoms. The predicted molar refractivity (Wildman–Crippen MR) is 69.8 cm³/mol. The van der Waals surface area contributed by atoms with Crippen LogP contribution in [0.2, 0.25) is 0 Å². The average Bonchev–Trinajstić information content (AvgIpc) is 2.93. The Balaban J connectivity index is 2.03. The molecule has 1 saturated heterocycles. The lowest BCUT2D eigenvalue weighted by Crippen LogP contribution is -2.17. The summed E-state index contributed by atoms with van der Waals surface area (Å²) in [6.45, 7) is 0.634. The van der Waals surface area contributed by atoms with Crippen LogP contribution in [0.3, 0.4) is 0 Å². The van der Waals surface area contributed by atoms with Crippen molar-refractivity contribution in [2.45, 2.75) is 32.0 Å². The van der Waals surface area contributed by atoms with Crippen LogP contribution in [0.15, 0.2) is 30.3 Å². The molecule has 2 aromatic rings. The Morgan fingerprint density at radius 1 is 1.21 bits per heavy atom. The molecule has 0 amide bonds. The van der Waals surface area contributed by atoms with Crippen LogP contribution in [0.5, 0.6) is 0 Å². The molecule has 0 spiro atoms. The largest absolute Gasteiger partial charge is 0.388 e. The molecule has 1 aliphatic heterocycles. The number of para-hydroxylation sites is 1. The minimum atomic E-state index is -0.130. The second-order valence-electron chi connectivity index (χ2n) is 4.66. The molecule has 1 N–H and O–H groups in total. The van der Waals surface area contributed by atoms with Crippen molar-refractivity contribution in [2.24, 2.45) is 0 Å². The maximum atomic E-state index is 9.43. The van der Waals surface area contributed by atoms with Crippen molar-refractivity contribution in [3.05, 3.63) is 42.0 Å². The summed E-state index contributed by atoms with van der Waals surface area (Å²) in [5.41, 5.74) is 0.959. The van der Waals surface area contributed by atoms with Crippen molar-refractivity contribution in [1.82, 2.24) is 14.8 Å². The quantitative estimate of drug-likeness (QED) is 0.916. The third-order valence-corrected chi connectivity index (χ3v) is 3.38. The summed E-state index contributed by atoms with van der Waals surface area (Å²) in [6.07, 6.45) is 3.17. The Labute approximate surface area is 111 Å². The van der Waals surface area contributed by atoms with E-state index in [1.165, 1.54) is 0 Å². The third-order valence-electron chi connectivity index (χ3n) is 3.38. The van der Waals surface area contributed by atoms with Crippen molar-refractivity contribution in [1.29, 1.82) is 0 Å². The van der Waals surface area contributed by atoms with E-state index in [1.807, 2.05) is 34.9 Å². The number of benzene rings is 1. The van der Waals surface area contributed by atoms with E-state index in [0.29, 0.717) is 5.82 Å². The first-order valence-electron chi connectivity index (χ1n) is 6.62. The molecule has 1 aromatic carbocycles. The number of rotatable bonds is 3. The summed E-state index contributed by atoms with van der Waals surface area (Å²) in [6, 6.07) is 9.84. The van der Waals surface area contributed by atoms with Gasteiger partial charge in [-0.25, -0.2) is 0 Å². The van der Waals surface area contributed by atoms with Gasteiger partial charge in [0, 0.05) is 12.3 Å². The van der Waals surface area contributed by atoms with Crippen LogP contribution in [-0.4, -0.2) is 26.5 Å². The summed E-state index contributed by atoms with van der Waals surface area (Å²) in [7, 11) is 0. The molecule has 2 heterocycles. The zero-order chi connectivity index (χ0) is 13.1. The van der Waals surface area contributed by atoms with Gasteiger partial charge < -0.3 is 9.84 Å². The normalized spacial score (nSPS) is 19.5. The molecule has 1 atom stereocenters. The molecular weight excluding hydrogens is 242 g/mol. The van der Waals surface area contributed by atoms with Gasteiger partial charge >= 0.3 is 0 Å². The smallest absolute Gasteiger partial charge is 0.166 e. The lowest BCUT2D eigenvalue weighted by Gasteiger charge is -2.22. The van der Waals surface area contributed by atoms with Crippen molar-refractivity contribution >= 4 is 0 Å². The van der Waals surface area contributed by atoms with Crippen molar-refractivity contribution in [3.63, 3.8) is 0 Å². The number of hydrogen-bond acceptors (Lipinski definition) is 4. The fraction of sp³-hybridized carbons (Fsp3) is 0.429. The number of nitrogens with zero attached hydrogens (tertiary/aromatic N) is 3. The van der Waals surface area contributed by atoms with Gasteiger partial charge in [0.2, 0.25) is 0 Å². The van der Waals surface area contributed by atoms with E-state index in [2.05, 4.69) is 10.2 Å². The lowest BCUT2D eigenvalue weighted by molar-refractivity contribution is 0.00825. The van der Waals surface area contributed by atoms with Gasteiger partial charge in [-0.15, -0.1) is 10.2 Å². The molecule has 1 fully saturated rings. The minimum absolute atomic E-state index is 0.0262. The second-order valence-corrected chi connectivity index (χ2v) is 4.66. The highest BCUT2D eigenvalue weighted by atomic mass is 16.5. The Kier molecular flexibility index (Phi) is 3.57. The van der Waals surface area contributed by atoms with E-state index in [1.54, 1.807) is 0 Å². The van der Waals surface area contributed by atoms with Crippen LogP contribution in [0.25, 0.3) is 5.69 Å². The van der Waals surface area contributed by atoms with Crippen LogP contribution in [0.4, 0.5) is 0 Å². The van der Waals surface area contributed by atoms with Crippen molar-refractivity contribution in [3.8, 4) is 5.69 Å². The topological polar surface area (TPSA) is 60.2 Å². The number of aromatic nitrogens is 3. The highest BCUT2D eigenvalue weighted by Crippen LogP contribution is 2.28. The summed E-state index contributed by atoms with van der Waals surface area (Å²) in [5.74, 6) is 1.34. The van der Waals surface area contributed by atoms with Gasteiger partial charge in [-0.05, 0) is 31.4 Å². The fourth-order valence-electron chi connectivity index (χ4n) is 2.44. The molecule has 100 valence electrons. The maximum Gasteiger partial charge on any atom is 0.166 e. The van der Waals surface area contributed by atoms with Gasteiger partial charge in [0.25, 0.3) is 0 Å². The first kappa shape index (κ1) is 12.3. The second kappa shape index (κ2) is 5.50. The van der Waals surface area contributed by atoms with Gasteiger partial charge in [0.05, 0.1) is 0 Å². The van der Waals surface area contributed by atoms with Crippen molar-refractivity contribution < 1.29 is 9.84 Å². The van der Waals surface area contributed by atoms with E-state index >= 15 is 0 Å². The van der Waals surface area contributed by atoms with E-state index in [4.69, 9.17) is 4.74 Å². The molecular formula is C14H17N3O2. The molecule has 0 saturated carbocycles. The van der Waals surface area contributed by atoms with Gasteiger partial charge in [-0.2, -0.15) is 0 Å². The Bertz CT molecular complexity index is 533. The lowest BCUT2D eigenvalue weighted by atomic mass is 10.1. The molecule has 0 bridgehead atoms. The van der Waals surface area contributed by atoms with Crippen LogP contribution < -0.4 is 0 Å². The number of aliphatic hydroxyl groups is 1. The molecule has 1 aliphatic rings.